The van der Waals surface area contributed by atoms with Crippen LogP contribution in [-0.2, 0) is 38.8 Å². The number of carbonyl (C=O) groups is 2. The van der Waals surface area contributed by atoms with Gasteiger partial charge in [-0.2, -0.15) is 0 Å². The molecule has 0 aliphatic carbocycles. The Morgan fingerprint density at radius 1 is 0.679 bits per heavy atom. The summed E-state index contributed by atoms with van der Waals surface area (Å²) in [6.45, 7) is 6.26. The second-order valence-electron chi connectivity index (χ2n) is 14.1. The van der Waals surface area contributed by atoms with Crippen LogP contribution >= 0.6 is 0 Å². The Balaban J connectivity index is 1.08. The second kappa shape index (κ2) is 19.6. The first-order chi connectivity index (χ1) is 25.9. The number of hydrogen-bond donors (Lipinski definition) is 4. The average molecular weight is 721 g/mol. The Morgan fingerprint density at radius 2 is 1.36 bits per heavy atom. The van der Waals surface area contributed by atoms with Crippen molar-refractivity contribution < 1.29 is 29.4 Å². The van der Waals surface area contributed by atoms with Crippen molar-refractivity contribution in [3.8, 4) is 11.1 Å². The monoisotopic (exact) mass is 720 g/mol. The minimum atomic E-state index is -0.545. The molecule has 2 saturated heterocycles. The number of aliphatic hydroxyl groups is 1. The van der Waals surface area contributed by atoms with Gasteiger partial charge in [0.05, 0.1) is 18.8 Å². The molecule has 0 radical (unpaired) electrons. The fourth-order valence-electron chi connectivity index (χ4n) is 7.11. The van der Waals surface area contributed by atoms with Gasteiger partial charge in [0.15, 0.2) is 6.29 Å². The van der Waals surface area contributed by atoms with Gasteiger partial charge in [0, 0.05) is 70.6 Å². The highest BCUT2D eigenvalue weighted by molar-refractivity contribution is 5.76. The number of piperazine rings is 1. The molecule has 53 heavy (non-hydrogen) atoms. The van der Waals surface area contributed by atoms with Crippen LogP contribution in [0.2, 0.25) is 0 Å². The molecule has 2 amide bonds. The predicted octanol–water partition coefficient (Wildman–Crippen LogP) is 6.28. The van der Waals surface area contributed by atoms with Gasteiger partial charge >= 0.3 is 0 Å². The smallest absolute Gasteiger partial charge is 0.243 e. The predicted molar refractivity (Wildman–Crippen MR) is 203 cm³/mol. The van der Waals surface area contributed by atoms with E-state index in [0.717, 1.165) is 85.5 Å². The van der Waals surface area contributed by atoms with Crippen molar-refractivity contribution in [1.82, 2.24) is 20.6 Å². The summed E-state index contributed by atoms with van der Waals surface area (Å²) in [5, 5.41) is 21.2. The number of nitrogens with one attached hydrogen (secondary N) is 2. The Morgan fingerprint density at radius 3 is 2.09 bits per heavy atom. The van der Waals surface area contributed by atoms with E-state index in [9.17, 15) is 14.7 Å². The molecule has 0 bridgehead atoms. The number of rotatable bonds is 16. The molecular formula is C43H52N4O6. The summed E-state index contributed by atoms with van der Waals surface area (Å²) in [5.74, 6) is -0.434. The number of ether oxygens (including phenoxy) is 2. The van der Waals surface area contributed by atoms with Gasteiger partial charge in [0.25, 0.3) is 0 Å². The van der Waals surface area contributed by atoms with Gasteiger partial charge in [0.1, 0.15) is 0 Å². The normalized spacial score (nSPS) is 19.5. The topological polar surface area (TPSA) is 124 Å². The van der Waals surface area contributed by atoms with E-state index in [1.165, 1.54) is 5.56 Å². The lowest BCUT2D eigenvalue weighted by molar-refractivity contribution is -0.253. The molecule has 6 rings (SSSR count). The summed E-state index contributed by atoms with van der Waals surface area (Å²) >= 11 is 0. The molecule has 3 atom stereocenters. The molecule has 4 N–H and O–H groups in total. The second-order valence-corrected chi connectivity index (χ2v) is 14.1. The van der Waals surface area contributed by atoms with Gasteiger partial charge < -0.3 is 19.9 Å². The number of benzene rings is 4. The van der Waals surface area contributed by atoms with Crippen molar-refractivity contribution in [2.75, 3.05) is 32.7 Å². The van der Waals surface area contributed by atoms with E-state index >= 15 is 0 Å². The quantitative estimate of drug-likeness (QED) is 0.0606. The maximum atomic E-state index is 12.5. The summed E-state index contributed by atoms with van der Waals surface area (Å²) < 4.78 is 13.4. The molecule has 3 unspecified atom stereocenters. The summed E-state index contributed by atoms with van der Waals surface area (Å²) in [6, 6.07) is 35.2. The Kier molecular flexibility index (Phi) is 14.2. The van der Waals surface area contributed by atoms with Crippen molar-refractivity contribution in [2.45, 2.75) is 76.7 Å². The highest BCUT2D eigenvalue weighted by atomic mass is 16.7. The van der Waals surface area contributed by atoms with E-state index in [0.29, 0.717) is 25.8 Å². The van der Waals surface area contributed by atoms with E-state index in [1.54, 1.807) is 5.48 Å². The number of amides is 2. The molecule has 0 spiro atoms. The molecule has 2 heterocycles. The third-order valence-electron chi connectivity index (χ3n) is 10.1. The number of hydroxylamine groups is 1. The molecule has 4 aromatic rings. The van der Waals surface area contributed by atoms with Crippen LogP contribution in [0.1, 0.15) is 78.7 Å². The zero-order chi connectivity index (χ0) is 36.8. The lowest BCUT2D eigenvalue weighted by Gasteiger charge is -2.41. The molecule has 10 nitrogen and oxygen atoms in total. The minimum Gasteiger partial charge on any atom is -0.392 e. The number of unbranched alkanes of at least 4 members (excludes halogenated alkanes) is 2. The lowest BCUT2D eigenvalue weighted by Crippen LogP contribution is -2.49. The molecule has 280 valence electrons. The number of carbonyl (C=O) groups excluding carboxylic acids is 2. The maximum absolute atomic E-state index is 12.5. The van der Waals surface area contributed by atoms with Crippen molar-refractivity contribution in [2.24, 2.45) is 0 Å². The van der Waals surface area contributed by atoms with E-state index in [2.05, 4.69) is 87.9 Å². The molecule has 0 saturated carbocycles. The van der Waals surface area contributed by atoms with E-state index in [4.69, 9.17) is 14.7 Å². The van der Waals surface area contributed by atoms with E-state index in [1.807, 2.05) is 30.3 Å². The number of aliphatic hydroxyl groups excluding tert-OH is 1. The van der Waals surface area contributed by atoms with Gasteiger partial charge in [-0.1, -0.05) is 97.4 Å². The molecule has 2 aliphatic heterocycles. The van der Waals surface area contributed by atoms with Crippen LogP contribution in [0.15, 0.2) is 103 Å². The third-order valence-corrected chi connectivity index (χ3v) is 10.1. The summed E-state index contributed by atoms with van der Waals surface area (Å²) in [4.78, 5) is 28.6. The van der Waals surface area contributed by atoms with Crippen LogP contribution in [0.4, 0.5) is 0 Å². The molecular weight excluding hydrogens is 668 g/mol. The summed E-state index contributed by atoms with van der Waals surface area (Å²) in [6.07, 6.45) is 2.72. The highest BCUT2D eigenvalue weighted by Crippen LogP contribution is 2.39. The van der Waals surface area contributed by atoms with Crippen molar-refractivity contribution >= 4 is 11.8 Å². The average Bonchev–Trinajstić information content (AvgIpc) is 3.21. The molecule has 4 aromatic carbocycles. The zero-order valence-corrected chi connectivity index (χ0v) is 30.4. The van der Waals surface area contributed by atoms with E-state index < -0.39 is 12.2 Å². The summed E-state index contributed by atoms with van der Waals surface area (Å²) in [7, 11) is 0. The van der Waals surface area contributed by atoms with Crippen LogP contribution < -0.4 is 10.8 Å². The van der Waals surface area contributed by atoms with Crippen LogP contribution in [-0.4, -0.2) is 70.8 Å². The van der Waals surface area contributed by atoms with Crippen molar-refractivity contribution in [3.05, 3.63) is 131 Å². The lowest BCUT2D eigenvalue weighted by atomic mass is 9.98. The Labute approximate surface area is 312 Å². The van der Waals surface area contributed by atoms with Crippen LogP contribution in [0, 0.1) is 0 Å². The number of nitrogens with zero attached hydrogens (tertiary/aromatic N) is 2. The summed E-state index contributed by atoms with van der Waals surface area (Å²) in [5.41, 5.74) is 8.96. The van der Waals surface area contributed by atoms with Crippen LogP contribution in [0.25, 0.3) is 11.1 Å². The first kappa shape index (κ1) is 38.3. The van der Waals surface area contributed by atoms with Crippen molar-refractivity contribution in [3.63, 3.8) is 0 Å². The zero-order valence-electron chi connectivity index (χ0n) is 30.4. The van der Waals surface area contributed by atoms with Gasteiger partial charge in [-0.3, -0.25) is 24.6 Å². The van der Waals surface area contributed by atoms with Gasteiger partial charge in [-0.15, -0.1) is 0 Å². The Bertz CT molecular complexity index is 1750. The van der Waals surface area contributed by atoms with Gasteiger partial charge in [-0.05, 0) is 58.4 Å². The van der Waals surface area contributed by atoms with Gasteiger partial charge in [-0.25, -0.2) is 5.48 Å². The number of hydrogen-bond acceptors (Lipinski definition) is 8. The van der Waals surface area contributed by atoms with E-state index in [-0.39, 0.29) is 31.1 Å². The van der Waals surface area contributed by atoms with Gasteiger partial charge in [0.2, 0.25) is 11.8 Å². The molecule has 0 aromatic heterocycles. The third kappa shape index (κ3) is 11.5. The fraction of sp³-hybridized carbons (Fsp3) is 0.395. The molecule has 2 aliphatic rings. The maximum Gasteiger partial charge on any atom is 0.243 e. The van der Waals surface area contributed by atoms with Crippen LogP contribution in [0.5, 0.6) is 0 Å². The van der Waals surface area contributed by atoms with Crippen LogP contribution in [0.3, 0.4) is 0 Å². The molecule has 10 heteroatoms. The fourth-order valence-corrected chi connectivity index (χ4v) is 7.11. The first-order valence-electron chi connectivity index (χ1n) is 18.8. The van der Waals surface area contributed by atoms with Crippen molar-refractivity contribution in [1.29, 1.82) is 0 Å². The minimum absolute atomic E-state index is 0.00578. The first-order valence-corrected chi connectivity index (χ1v) is 18.8. The SMILES string of the molecule is O=C(CCCCCC(=O)NCc1cccc(-c2cccc(C3OC(CN4CCN(Cc5ccccc5)CC4)CC(c4ccc(CO)cc4)O3)c2)c1)NO. The Hall–Kier alpha value is -4.42. The largest absolute Gasteiger partial charge is 0.392 e. The molecule has 2 fully saturated rings. The highest BCUT2D eigenvalue weighted by Gasteiger charge is 2.34. The standard InChI is InChI=1S/C43H52N4O6/c48-31-33-17-19-35(20-18-33)40-27-39(30-47-23-21-46(22-24-47)29-32-9-3-1-4-10-32)52-43(53-40)38-14-8-13-37(26-38)36-12-7-11-34(25-36)28-44-41(49)15-5-2-6-16-42(50)45-51/h1,3-4,7-14,17-20,25-26,39-40,43,48,51H,2,5-6,15-16,21-24,27-31H2,(H,44,49)(H,45,50).